The van der Waals surface area contributed by atoms with Gasteiger partial charge in [-0.15, -0.1) is 0 Å². The van der Waals surface area contributed by atoms with E-state index in [-0.39, 0.29) is 0 Å². The lowest BCUT2D eigenvalue weighted by molar-refractivity contribution is -0.131. The minimum absolute atomic E-state index is 0.659. The van der Waals surface area contributed by atoms with Gasteiger partial charge in [-0.25, -0.2) is 4.79 Å². The van der Waals surface area contributed by atoms with Crippen molar-refractivity contribution in [2.45, 2.75) is 0 Å². The van der Waals surface area contributed by atoms with E-state index >= 15 is 0 Å². The van der Waals surface area contributed by atoms with Gasteiger partial charge >= 0.3 is 5.97 Å². The first kappa shape index (κ1) is 12.8. The number of carboxylic acid groups (broad SMARTS) is 1. The van der Waals surface area contributed by atoms with Crippen molar-refractivity contribution in [3.63, 3.8) is 0 Å². The van der Waals surface area contributed by atoms with Crippen LogP contribution in [0.4, 0.5) is 0 Å². The Bertz CT molecular complexity index is 606. The highest BCUT2D eigenvalue weighted by atomic mass is 16.5. The van der Waals surface area contributed by atoms with Crippen LogP contribution in [-0.4, -0.2) is 23.2 Å². The van der Waals surface area contributed by atoms with Crippen molar-refractivity contribution in [1.29, 1.82) is 0 Å². The van der Waals surface area contributed by atoms with E-state index in [4.69, 9.17) is 9.84 Å². The van der Waals surface area contributed by atoms with E-state index in [9.17, 15) is 4.79 Å². The number of nitrogens with zero attached hydrogens (tertiary/aromatic N) is 1. The van der Waals surface area contributed by atoms with Gasteiger partial charge in [-0.1, -0.05) is 12.1 Å². The van der Waals surface area contributed by atoms with Crippen molar-refractivity contribution in [1.82, 2.24) is 4.98 Å². The Morgan fingerprint density at radius 3 is 2.79 bits per heavy atom. The molecular formula is C15H13NO3. The maximum absolute atomic E-state index is 10.5. The lowest BCUT2D eigenvalue weighted by Gasteiger charge is -2.08. The number of methoxy groups -OCH3 is 1. The number of hydrogen-bond acceptors (Lipinski definition) is 3. The molecule has 0 atom stereocenters. The van der Waals surface area contributed by atoms with E-state index in [2.05, 4.69) is 4.98 Å². The van der Waals surface area contributed by atoms with Crippen LogP contribution < -0.4 is 4.74 Å². The van der Waals surface area contributed by atoms with Crippen molar-refractivity contribution < 1.29 is 14.6 Å². The molecule has 19 heavy (non-hydrogen) atoms. The third-order valence-electron chi connectivity index (χ3n) is 2.58. The molecule has 4 heteroatoms. The first-order valence-corrected chi connectivity index (χ1v) is 5.71. The maximum Gasteiger partial charge on any atom is 0.328 e. The zero-order chi connectivity index (χ0) is 13.7. The molecule has 1 heterocycles. The van der Waals surface area contributed by atoms with E-state index < -0.39 is 5.97 Å². The van der Waals surface area contributed by atoms with E-state index in [1.54, 1.807) is 19.4 Å². The van der Waals surface area contributed by atoms with Crippen LogP contribution in [-0.2, 0) is 4.79 Å². The standard InChI is InChI=1S/C15H13NO3/c1-19-14-10-11(6-8-15(17)18)5-7-12(14)13-4-2-3-9-16-13/h2-10H,1H3,(H,17,18). The smallest absolute Gasteiger partial charge is 0.328 e. The minimum Gasteiger partial charge on any atom is -0.496 e. The summed E-state index contributed by atoms with van der Waals surface area (Å²) < 4.78 is 5.33. The second-order valence-electron chi connectivity index (χ2n) is 3.85. The Kier molecular flexibility index (Phi) is 3.93. The fourth-order valence-corrected chi connectivity index (χ4v) is 1.71. The third-order valence-corrected chi connectivity index (χ3v) is 2.58. The van der Waals surface area contributed by atoms with E-state index in [1.807, 2.05) is 30.3 Å². The van der Waals surface area contributed by atoms with Gasteiger partial charge in [-0.2, -0.15) is 0 Å². The number of ether oxygens (including phenoxy) is 1. The van der Waals surface area contributed by atoms with Crippen molar-refractivity contribution in [3.8, 4) is 17.0 Å². The van der Waals surface area contributed by atoms with Crippen LogP contribution in [0.25, 0.3) is 17.3 Å². The van der Waals surface area contributed by atoms with E-state index in [1.165, 1.54) is 6.08 Å². The predicted octanol–water partition coefficient (Wildman–Crippen LogP) is 2.86. The van der Waals surface area contributed by atoms with Gasteiger partial charge in [-0.05, 0) is 35.9 Å². The predicted molar refractivity (Wildman–Crippen MR) is 72.9 cm³/mol. The van der Waals surface area contributed by atoms with Crippen LogP contribution >= 0.6 is 0 Å². The average molecular weight is 255 g/mol. The van der Waals surface area contributed by atoms with Gasteiger partial charge in [0.2, 0.25) is 0 Å². The van der Waals surface area contributed by atoms with Crippen molar-refractivity contribution in [2.75, 3.05) is 7.11 Å². The molecule has 0 saturated carbocycles. The SMILES string of the molecule is COc1cc(C=CC(=O)O)ccc1-c1ccccn1. The number of rotatable bonds is 4. The van der Waals surface area contributed by atoms with Gasteiger partial charge < -0.3 is 9.84 Å². The summed E-state index contributed by atoms with van der Waals surface area (Å²) in [6.45, 7) is 0. The molecule has 96 valence electrons. The number of pyridine rings is 1. The number of carboxylic acids is 1. The van der Waals surface area contributed by atoms with Crippen LogP contribution in [0.5, 0.6) is 5.75 Å². The summed E-state index contributed by atoms with van der Waals surface area (Å²) in [5.74, 6) is -0.320. The van der Waals surface area contributed by atoms with Gasteiger partial charge in [0.25, 0.3) is 0 Å². The second-order valence-corrected chi connectivity index (χ2v) is 3.85. The van der Waals surface area contributed by atoms with Crippen molar-refractivity contribution >= 4 is 12.0 Å². The highest BCUT2D eigenvalue weighted by Gasteiger charge is 2.06. The first-order chi connectivity index (χ1) is 9.20. The largest absolute Gasteiger partial charge is 0.496 e. The summed E-state index contributed by atoms with van der Waals surface area (Å²) in [6, 6.07) is 11.1. The summed E-state index contributed by atoms with van der Waals surface area (Å²) in [6.07, 6.45) is 4.33. The molecule has 0 radical (unpaired) electrons. The molecule has 0 amide bonds. The van der Waals surface area contributed by atoms with Crippen LogP contribution in [0.1, 0.15) is 5.56 Å². The molecule has 0 unspecified atom stereocenters. The normalized spacial score (nSPS) is 10.6. The molecule has 1 aromatic carbocycles. The number of aliphatic carboxylic acids is 1. The molecule has 0 spiro atoms. The van der Waals surface area contributed by atoms with Crippen molar-refractivity contribution in [3.05, 3.63) is 54.2 Å². The molecule has 2 rings (SSSR count). The monoisotopic (exact) mass is 255 g/mol. The van der Waals surface area contributed by atoms with Gasteiger partial charge in [0.15, 0.2) is 0 Å². The second kappa shape index (κ2) is 5.82. The zero-order valence-electron chi connectivity index (χ0n) is 10.4. The lowest BCUT2D eigenvalue weighted by Crippen LogP contribution is -1.91. The van der Waals surface area contributed by atoms with Crippen LogP contribution in [0.2, 0.25) is 0 Å². The van der Waals surface area contributed by atoms with Gasteiger partial charge in [-0.3, -0.25) is 4.98 Å². The fourth-order valence-electron chi connectivity index (χ4n) is 1.71. The molecule has 0 aliphatic rings. The van der Waals surface area contributed by atoms with Crippen LogP contribution in [0.3, 0.4) is 0 Å². The Hall–Kier alpha value is -2.62. The van der Waals surface area contributed by atoms with Gasteiger partial charge in [0, 0.05) is 17.8 Å². The number of aromatic nitrogens is 1. The summed E-state index contributed by atoms with van der Waals surface area (Å²) >= 11 is 0. The molecule has 1 N–H and O–H groups in total. The van der Waals surface area contributed by atoms with Gasteiger partial charge in [0.05, 0.1) is 12.8 Å². The Morgan fingerprint density at radius 1 is 1.32 bits per heavy atom. The third kappa shape index (κ3) is 3.19. The van der Waals surface area contributed by atoms with Crippen molar-refractivity contribution in [2.24, 2.45) is 0 Å². The first-order valence-electron chi connectivity index (χ1n) is 5.71. The Balaban J connectivity index is 2.40. The molecule has 4 nitrogen and oxygen atoms in total. The summed E-state index contributed by atoms with van der Waals surface area (Å²) in [5, 5.41) is 8.61. The van der Waals surface area contributed by atoms with Gasteiger partial charge in [0.1, 0.15) is 5.75 Å². The Labute approximate surface area is 111 Å². The molecule has 0 aliphatic heterocycles. The lowest BCUT2D eigenvalue weighted by atomic mass is 10.1. The van der Waals surface area contributed by atoms with Crippen LogP contribution in [0, 0.1) is 0 Å². The topological polar surface area (TPSA) is 59.4 Å². The molecule has 0 bridgehead atoms. The maximum atomic E-state index is 10.5. The number of hydrogen-bond donors (Lipinski definition) is 1. The van der Waals surface area contributed by atoms with Crippen LogP contribution in [0.15, 0.2) is 48.7 Å². The molecule has 0 fully saturated rings. The highest BCUT2D eigenvalue weighted by molar-refractivity contribution is 5.85. The average Bonchev–Trinajstić information content (AvgIpc) is 2.45. The highest BCUT2D eigenvalue weighted by Crippen LogP contribution is 2.29. The minimum atomic E-state index is -0.979. The van der Waals surface area contributed by atoms with E-state index in [0.717, 1.165) is 22.9 Å². The molecule has 2 aromatic rings. The zero-order valence-corrected chi connectivity index (χ0v) is 10.4. The molecule has 1 aromatic heterocycles. The molecule has 0 saturated heterocycles. The quantitative estimate of drug-likeness (QED) is 0.853. The molecular weight excluding hydrogens is 242 g/mol. The summed E-state index contributed by atoms with van der Waals surface area (Å²) in [4.78, 5) is 14.8. The Morgan fingerprint density at radius 2 is 2.16 bits per heavy atom. The fraction of sp³-hybridized carbons (Fsp3) is 0.0667. The number of carbonyl (C=O) groups is 1. The number of benzene rings is 1. The summed E-state index contributed by atoms with van der Waals surface area (Å²) in [5.41, 5.74) is 2.45. The summed E-state index contributed by atoms with van der Waals surface area (Å²) in [7, 11) is 1.58. The molecule has 0 aliphatic carbocycles. The van der Waals surface area contributed by atoms with E-state index in [0.29, 0.717) is 5.75 Å².